The highest BCUT2D eigenvalue weighted by Gasteiger charge is 2.60. The third-order valence-corrected chi connectivity index (χ3v) is 7.57. The number of carboxylic acids is 1. The van der Waals surface area contributed by atoms with Crippen molar-refractivity contribution < 1.29 is 19.5 Å². The lowest BCUT2D eigenvalue weighted by Crippen LogP contribution is -2.32. The average Bonchev–Trinajstić information content (AvgIpc) is 3.44. The summed E-state index contributed by atoms with van der Waals surface area (Å²) >= 11 is 0. The van der Waals surface area contributed by atoms with Gasteiger partial charge in [0, 0.05) is 10.9 Å². The molecule has 1 saturated carbocycles. The van der Waals surface area contributed by atoms with Crippen LogP contribution in [0.5, 0.6) is 0 Å². The number of carboxylic acid groups (broad SMARTS) is 1. The van der Waals surface area contributed by atoms with Gasteiger partial charge in [0.25, 0.3) is 0 Å². The number of allylic oxidation sites excluding steroid dienone is 2. The van der Waals surface area contributed by atoms with Gasteiger partial charge in [-0.05, 0) is 55.9 Å². The standard InChI is InChI=1S/C27H22N2O4/c1-13-4-3-5-18-20(27(32)33)12-21(28-24(13)18)15-6-8-17(9-7-15)29-25(30)22-16-10-14(2)19(11-16)23(22)26(29)31/h3-10,12,16,19,22-23H,11H2,1-2H3,(H,32,33). The number of imide groups is 1. The lowest BCUT2D eigenvalue weighted by Gasteiger charge is -2.19. The van der Waals surface area contributed by atoms with E-state index in [4.69, 9.17) is 4.98 Å². The van der Waals surface area contributed by atoms with Crippen molar-refractivity contribution in [3.63, 3.8) is 0 Å². The van der Waals surface area contributed by atoms with Crippen LogP contribution in [0, 0.1) is 30.6 Å². The molecule has 2 aromatic carbocycles. The molecule has 33 heavy (non-hydrogen) atoms. The minimum atomic E-state index is -1.01. The number of hydrogen-bond acceptors (Lipinski definition) is 4. The number of carbonyl (C=O) groups is 3. The Balaban J connectivity index is 1.37. The van der Waals surface area contributed by atoms with Crippen LogP contribution in [0.2, 0.25) is 0 Å². The lowest BCUT2D eigenvalue weighted by atomic mass is 9.82. The van der Waals surface area contributed by atoms with Crippen LogP contribution >= 0.6 is 0 Å². The van der Waals surface area contributed by atoms with Crippen molar-refractivity contribution in [2.24, 2.45) is 23.7 Å². The first-order valence-electron chi connectivity index (χ1n) is 11.2. The predicted molar refractivity (Wildman–Crippen MR) is 124 cm³/mol. The van der Waals surface area contributed by atoms with Crippen LogP contribution in [-0.2, 0) is 9.59 Å². The highest BCUT2D eigenvalue weighted by molar-refractivity contribution is 6.23. The van der Waals surface area contributed by atoms with Crippen molar-refractivity contribution in [3.8, 4) is 11.3 Å². The zero-order chi connectivity index (χ0) is 23.0. The summed E-state index contributed by atoms with van der Waals surface area (Å²) in [5.74, 6) is -1.36. The maximum absolute atomic E-state index is 13.2. The molecular weight excluding hydrogens is 416 g/mol. The Hall–Kier alpha value is -3.80. The number of carbonyl (C=O) groups excluding carboxylic acids is 2. The summed E-state index contributed by atoms with van der Waals surface area (Å²) in [7, 11) is 0. The fourth-order valence-corrected chi connectivity index (χ4v) is 6.03. The van der Waals surface area contributed by atoms with Gasteiger partial charge in [-0.25, -0.2) is 9.78 Å². The first kappa shape index (κ1) is 19.9. The average molecular weight is 438 g/mol. The van der Waals surface area contributed by atoms with Gasteiger partial charge >= 0.3 is 5.97 Å². The van der Waals surface area contributed by atoms with Gasteiger partial charge in [-0.3, -0.25) is 14.5 Å². The fourth-order valence-electron chi connectivity index (χ4n) is 6.03. The molecule has 2 fully saturated rings. The van der Waals surface area contributed by atoms with E-state index in [1.807, 2.05) is 19.1 Å². The number of para-hydroxylation sites is 1. The van der Waals surface area contributed by atoms with Gasteiger partial charge in [-0.2, -0.15) is 0 Å². The maximum Gasteiger partial charge on any atom is 0.336 e. The highest BCUT2D eigenvalue weighted by Crippen LogP contribution is 2.55. The van der Waals surface area contributed by atoms with Gasteiger partial charge in [-0.1, -0.05) is 42.0 Å². The Kier molecular flexibility index (Phi) is 4.12. The van der Waals surface area contributed by atoms with E-state index in [0.29, 0.717) is 22.3 Å². The second-order valence-corrected chi connectivity index (χ2v) is 9.36. The third-order valence-electron chi connectivity index (χ3n) is 7.57. The summed E-state index contributed by atoms with van der Waals surface area (Å²) in [4.78, 5) is 44.3. The molecule has 6 rings (SSSR count). The van der Waals surface area contributed by atoms with E-state index >= 15 is 0 Å². The van der Waals surface area contributed by atoms with Crippen LogP contribution in [0.25, 0.3) is 22.2 Å². The van der Waals surface area contributed by atoms with Crippen molar-refractivity contribution in [1.29, 1.82) is 0 Å². The molecule has 2 aliphatic carbocycles. The van der Waals surface area contributed by atoms with E-state index in [2.05, 4.69) is 13.0 Å². The number of hydrogen-bond donors (Lipinski definition) is 1. The summed E-state index contributed by atoms with van der Waals surface area (Å²) < 4.78 is 0. The number of nitrogens with zero attached hydrogens (tertiary/aromatic N) is 2. The van der Waals surface area contributed by atoms with Gasteiger partial charge in [0.15, 0.2) is 0 Å². The van der Waals surface area contributed by atoms with Gasteiger partial charge in [0.05, 0.1) is 34.3 Å². The minimum Gasteiger partial charge on any atom is -0.478 e. The number of anilines is 1. The molecule has 2 bridgehead atoms. The molecule has 2 amide bonds. The molecule has 3 aliphatic rings. The third kappa shape index (κ3) is 2.73. The molecule has 2 heterocycles. The second kappa shape index (κ2) is 6.85. The molecular formula is C27H22N2O4. The van der Waals surface area contributed by atoms with Crippen LogP contribution in [0.1, 0.15) is 29.3 Å². The number of aromatic nitrogens is 1. The van der Waals surface area contributed by atoms with Crippen molar-refractivity contribution in [1.82, 2.24) is 4.98 Å². The van der Waals surface area contributed by atoms with E-state index in [1.165, 1.54) is 10.5 Å². The first-order chi connectivity index (χ1) is 15.8. The Morgan fingerprint density at radius 2 is 1.76 bits per heavy atom. The first-order valence-corrected chi connectivity index (χ1v) is 11.2. The zero-order valence-electron chi connectivity index (χ0n) is 18.3. The molecule has 6 heteroatoms. The van der Waals surface area contributed by atoms with E-state index in [-0.39, 0.29) is 41.0 Å². The Morgan fingerprint density at radius 1 is 1.03 bits per heavy atom. The number of aromatic carboxylic acids is 1. The van der Waals surface area contributed by atoms with Crippen LogP contribution in [0.3, 0.4) is 0 Å². The molecule has 0 radical (unpaired) electrons. The largest absolute Gasteiger partial charge is 0.478 e. The summed E-state index contributed by atoms with van der Waals surface area (Å²) in [6, 6.07) is 14.1. The van der Waals surface area contributed by atoms with Gasteiger partial charge < -0.3 is 5.11 Å². The molecule has 4 atom stereocenters. The number of pyridine rings is 1. The number of fused-ring (bicyclic) bond motifs is 6. The molecule has 1 aliphatic heterocycles. The number of amides is 2. The van der Waals surface area contributed by atoms with Crippen molar-refractivity contribution >= 4 is 34.4 Å². The SMILES string of the molecule is CC1=CC2CC1C1C(=O)N(c3ccc(-c4cc(C(=O)O)c5cccc(C)c5n4)cc3)C(=O)C21. The molecule has 6 nitrogen and oxygen atoms in total. The summed E-state index contributed by atoms with van der Waals surface area (Å²) in [5, 5.41) is 10.3. The van der Waals surface area contributed by atoms with Crippen LogP contribution in [0.4, 0.5) is 5.69 Å². The maximum atomic E-state index is 13.2. The Morgan fingerprint density at radius 3 is 2.48 bits per heavy atom. The quantitative estimate of drug-likeness (QED) is 0.477. The van der Waals surface area contributed by atoms with E-state index in [9.17, 15) is 19.5 Å². The van der Waals surface area contributed by atoms with Gasteiger partial charge in [-0.15, -0.1) is 0 Å². The second-order valence-electron chi connectivity index (χ2n) is 9.36. The van der Waals surface area contributed by atoms with Crippen molar-refractivity contribution in [2.45, 2.75) is 20.3 Å². The lowest BCUT2D eigenvalue weighted by molar-refractivity contribution is -0.123. The summed E-state index contributed by atoms with van der Waals surface area (Å²) in [6.07, 6.45) is 3.07. The molecule has 1 N–H and O–H groups in total. The number of benzene rings is 2. The predicted octanol–water partition coefficient (Wildman–Crippen LogP) is 4.61. The van der Waals surface area contributed by atoms with Crippen LogP contribution < -0.4 is 4.90 Å². The number of aryl methyl sites for hydroxylation is 1. The van der Waals surface area contributed by atoms with Crippen LogP contribution in [0.15, 0.2) is 60.2 Å². The fraction of sp³-hybridized carbons (Fsp3) is 0.259. The number of rotatable bonds is 3. The van der Waals surface area contributed by atoms with Gasteiger partial charge in [0.2, 0.25) is 11.8 Å². The highest BCUT2D eigenvalue weighted by atomic mass is 16.4. The van der Waals surface area contributed by atoms with Crippen molar-refractivity contribution in [2.75, 3.05) is 4.90 Å². The molecule has 1 saturated heterocycles. The molecule has 4 unspecified atom stereocenters. The molecule has 164 valence electrons. The molecule has 0 spiro atoms. The Bertz CT molecular complexity index is 1410. The summed E-state index contributed by atoms with van der Waals surface area (Å²) in [5.41, 5.74) is 4.78. The smallest absolute Gasteiger partial charge is 0.336 e. The topological polar surface area (TPSA) is 87.6 Å². The van der Waals surface area contributed by atoms with E-state index < -0.39 is 5.97 Å². The van der Waals surface area contributed by atoms with Crippen molar-refractivity contribution in [3.05, 3.63) is 71.3 Å². The molecule has 3 aromatic rings. The summed E-state index contributed by atoms with van der Waals surface area (Å²) in [6.45, 7) is 3.96. The van der Waals surface area contributed by atoms with Gasteiger partial charge in [0.1, 0.15) is 0 Å². The zero-order valence-corrected chi connectivity index (χ0v) is 18.3. The van der Waals surface area contributed by atoms with E-state index in [1.54, 1.807) is 36.4 Å². The molecule has 1 aromatic heterocycles. The van der Waals surface area contributed by atoms with Crippen LogP contribution in [-0.4, -0.2) is 27.9 Å². The monoisotopic (exact) mass is 438 g/mol. The normalized spacial score (nSPS) is 25.6. The Labute approximate surface area is 190 Å². The minimum absolute atomic E-state index is 0.106. The van der Waals surface area contributed by atoms with E-state index in [0.717, 1.165) is 17.5 Å².